The molecule has 0 aliphatic heterocycles. The molecule has 0 spiro atoms. The molecular weight excluding hydrogens is 650 g/mol. The Morgan fingerprint density at radius 1 is 0.800 bits per heavy atom. The molecule has 0 aliphatic carbocycles. The summed E-state index contributed by atoms with van der Waals surface area (Å²) < 4.78 is 30.5. The number of sulfonamides is 1. The van der Waals surface area contributed by atoms with E-state index < -0.39 is 34.1 Å². The smallest absolute Gasteiger partial charge is 0.264 e. The van der Waals surface area contributed by atoms with Crippen molar-refractivity contribution in [2.24, 2.45) is 0 Å². The summed E-state index contributed by atoms with van der Waals surface area (Å²) in [5.41, 5.74) is 3.18. The average molecular weight is 691 g/mol. The number of carbonyl (C=O) groups excluding carboxylic acids is 2. The summed E-state index contributed by atoms with van der Waals surface area (Å²) >= 11 is 3.47. The fraction of sp³-hybridized carbons (Fsp3) is 0.278. The third-order valence-electron chi connectivity index (χ3n) is 7.49. The quantitative estimate of drug-likeness (QED) is 0.187. The SMILES string of the molecule is Cc1cccc(N(CC(=O)N(Cc2ccc(Br)cc2)[C@H](Cc2ccccc2)C(=O)NC(C)(C)C)S(=O)(=O)c2ccccc2)c1C. The molecule has 0 unspecified atom stereocenters. The molecule has 0 aromatic heterocycles. The van der Waals surface area contributed by atoms with E-state index in [2.05, 4.69) is 21.2 Å². The summed E-state index contributed by atoms with van der Waals surface area (Å²) in [6.45, 7) is 9.03. The van der Waals surface area contributed by atoms with Crippen LogP contribution in [0.15, 0.2) is 112 Å². The Labute approximate surface area is 275 Å². The molecule has 0 aliphatic rings. The van der Waals surface area contributed by atoms with Crippen molar-refractivity contribution in [2.45, 2.75) is 64.1 Å². The molecule has 4 aromatic rings. The van der Waals surface area contributed by atoms with Crippen molar-refractivity contribution < 1.29 is 18.0 Å². The van der Waals surface area contributed by atoms with Crippen molar-refractivity contribution in [1.29, 1.82) is 0 Å². The van der Waals surface area contributed by atoms with E-state index in [1.807, 2.05) is 95.3 Å². The van der Waals surface area contributed by atoms with E-state index in [1.165, 1.54) is 21.3 Å². The fourth-order valence-electron chi connectivity index (χ4n) is 5.03. The first kappa shape index (κ1) is 33.9. The lowest BCUT2D eigenvalue weighted by molar-refractivity contribution is -0.140. The normalized spacial score (nSPS) is 12.3. The summed E-state index contributed by atoms with van der Waals surface area (Å²) in [4.78, 5) is 30.2. The summed E-state index contributed by atoms with van der Waals surface area (Å²) in [5, 5.41) is 3.06. The van der Waals surface area contributed by atoms with Crippen LogP contribution in [-0.2, 0) is 32.6 Å². The zero-order valence-electron chi connectivity index (χ0n) is 26.3. The molecule has 7 nitrogen and oxygen atoms in total. The molecule has 45 heavy (non-hydrogen) atoms. The molecule has 0 saturated carbocycles. The lowest BCUT2D eigenvalue weighted by Crippen LogP contribution is -2.56. The van der Waals surface area contributed by atoms with Gasteiger partial charge in [-0.05, 0) is 87.2 Å². The van der Waals surface area contributed by atoms with Crippen molar-refractivity contribution in [3.63, 3.8) is 0 Å². The van der Waals surface area contributed by atoms with Gasteiger partial charge in [0.25, 0.3) is 10.0 Å². The first-order valence-corrected chi connectivity index (χ1v) is 17.0. The van der Waals surface area contributed by atoms with Crippen LogP contribution in [0, 0.1) is 13.8 Å². The highest BCUT2D eigenvalue weighted by atomic mass is 79.9. The number of benzene rings is 4. The van der Waals surface area contributed by atoms with E-state index in [-0.39, 0.29) is 23.8 Å². The second kappa shape index (κ2) is 14.4. The molecule has 4 aromatic carbocycles. The predicted octanol–water partition coefficient (Wildman–Crippen LogP) is 6.82. The topological polar surface area (TPSA) is 86.8 Å². The molecule has 0 fully saturated rings. The van der Waals surface area contributed by atoms with Crippen LogP contribution in [0.5, 0.6) is 0 Å². The number of hydrogen-bond acceptors (Lipinski definition) is 4. The van der Waals surface area contributed by atoms with Gasteiger partial charge in [0.2, 0.25) is 11.8 Å². The van der Waals surface area contributed by atoms with Crippen molar-refractivity contribution in [1.82, 2.24) is 10.2 Å². The average Bonchev–Trinajstić information content (AvgIpc) is 3.00. The van der Waals surface area contributed by atoms with Gasteiger partial charge in [0, 0.05) is 23.0 Å². The van der Waals surface area contributed by atoms with Crippen molar-refractivity contribution in [3.8, 4) is 0 Å². The van der Waals surface area contributed by atoms with Crippen LogP contribution in [0.1, 0.15) is 43.0 Å². The Hall–Kier alpha value is -3.95. The van der Waals surface area contributed by atoms with E-state index in [1.54, 1.807) is 30.3 Å². The minimum atomic E-state index is -4.15. The fourth-order valence-corrected chi connectivity index (χ4v) is 6.79. The van der Waals surface area contributed by atoms with Crippen LogP contribution in [-0.4, -0.2) is 43.3 Å². The number of nitrogens with zero attached hydrogens (tertiary/aromatic N) is 2. The van der Waals surface area contributed by atoms with Gasteiger partial charge in [-0.2, -0.15) is 0 Å². The maximum absolute atomic E-state index is 14.6. The van der Waals surface area contributed by atoms with Crippen LogP contribution >= 0.6 is 15.9 Å². The number of amides is 2. The molecular formula is C36H40BrN3O4S. The van der Waals surface area contributed by atoms with Gasteiger partial charge >= 0.3 is 0 Å². The molecule has 236 valence electrons. The molecule has 1 N–H and O–H groups in total. The Morgan fingerprint density at radius 2 is 1.40 bits per heavy atom. The van der Waals surface area contributed by atoms with E-state index in [0.29, 0.717) is 5.69 Å². The second-order valence-corrected chi connectivity index (χ2v) is 14.9. The minimum Gasteiger partial charge on any atom is -0.350 e. The Balaban J connectivity index is 1.84. The third-order valence-corrected chi connectivity index (χ3v) is 9.79. The first-order valence-electron chi connectivity index (χ1n) is 14.8. The molecule has 9 heteroatoms. The summed E-state index contributed by atoms with van der Waals surface area (Å²) in [7, 11) is -4.15. The number of carbonyl (C=O) groups is 2. The monoisotopic (exact) mass is 689 g/mol. The highest BCUT2D eigenvalue weighted by molar-refractivity contribution is 9.10. The Morgan fingerprint density at radius 3 is 2.00 bits per heavy atom. The van der Waals surface area contributed by atoms with Crippen molar-refractivity contribution in [3.05, 3.63) is 130 Å². The van der Waals surface area contributed by atoms with Gasteiger partial charge in [-0.3, -0.25) is 13.9 Å². The minimum absolute atomic E-state index is 0.0736. The maximum atomic E-state index is 14.6. The highest BCUT2D eigenvalue weighted by Crippen LogP contribution is 2.29. The molecule has 1 atom stereocenters. The zero-order valence-corrected chi connectivity index (χ0v) is 28.7. The van der Waals surface area contributed by atoms with E-state index >= 15 is 0 Å². The summed E-state index contributed by atoms with van der Waals surface area (Å²) in [6, 6.07) is 29.6. The van der Waals surface area contributed by atoms with Gasteiger partial charge in [-0.15, -0.1) is 0 Å². The largest absolute Gasteiger partial charge is 0.350 e. The predicted molar refractivity (Wildman–Crippen MR) is 183 cm³/mol. The van der Waals surface area contributed by atoms with Crippen molar-refractivity contribution in [2.75, 3.05) is 10.8 Å². The summed E-state index contributed by atoms with van der Waals surface area (Å²) in [6.07, 6.45) is 0.250. The third kappa shape index (κ3) is 8.83. The van der Waals surface area contributed by atoms with Gasteiger partial charge < -0.3 is 10.2 Å². The zero-order chi connectivity index (χ0) is 32.8. The van der Waals surface area contributed by atoms with Gasteiger partial charge in [-0.25, -0.2) is 8.42 Å². The van der Waals surface area contributed by atoms with E-state index in [9.17, 15) is 18.0 Å². The van der Waals surface area contributed by atoms with E-state index in [0.717, 1.165) is 26.7 Å². The van der Waals surface area contributed by atoms with Gasteiger partial charge in [0.05, 0.1) is 10.6 Å². The number of aryl methyl sites for hydroxylation is 1. The van der Waals surface area contributed by atoms with Gasteiger partial charge in [0.1, 0.15) is 12.6 Å². The van der Waals surface area contributed by atoms with Crippen molar-refractivity contribution >= 4 is 43.5 Å². The first-order chi connectivity index (χ1) is 21.3. The Kier molecular flexibility index (Phi) is 10.9. The number of halogens is 1. The lowest BCUT2D eigenvalue weighted by Gasteiger charge is -2.35. The van der Waals surface area contributed by atoms with Gasteiger partial charge in [0.15, 0.2) is 0 Å². The number of anilines is 1. The van der Waals surface area contributed by atoms with Crippen LogP contribution < -0.4 is 9.62 Å². The molecule has 4 rings (SSSR count). The van der Waals surface area contributed by atoms with E-state index in [4.69, 9.17) is 0 Å². The van der Waals surface area contributed by atoms with Crippen LogP contribution in [0.4, 0.5) is 5.69 Å². The van der Waals surface area contributed by atoms with Crippen LogP contribution in [0.25, 0.3) is 0 Å². The number of rotatable bonds is 11. The second-order valence-electron chi connectivity index (χ2n) is 12.1. The molecule has 0 bridgehead atoms. The molecule has 0 heterocycles. The van der Waals surface area contributed by atoms with Crippen LogP contribution in [0.2, 0.25) is 0 Å². The summed E-state index contributed by atoms with van der Waals surface area (Å²) in [5.74, 6) is -0.815. The number of hydrogen-bond donors (Lipinski definition) is 1. The molecule has 0 radical (unpaired) electrons. The lowest BCUT2D eigenvalue weighted by atomic mass is 10.0. The van der Waals surface area contributed by atoms with Crippen LogP contribution in [0.3, 0.4) is 0 Å². The highest BCUT2D eigenvalue weighted by Gasteiger charge is 2.36. The number of nitrogens with one attached hydrogen (secondary N) is 1. The molecule has 2 amide bonds. The Bertz CT molecular complexity index is 1720. The molecule has 0 saturated heterocycles. The van der Waals surface area contributed by atoms with Gasteiger partial charge in [-0.1, -0.05) is 88.7 Å². The maximum Gasteiger partial charge on any atom is 0.264 e. The standard InChI is InChI=1S/C36H40BrN3O4S/c1-26-13-12-18-32(27(26)2)40(45(43,44)31-16-10-7-11-17-31)25-34(41)39(24-29-19-21-30(37)22-20-29)33(35(42)38-36(3,4)5)23-28-14-8-6-9-15-28/h6-22,33H,23-25H2,1-5H3,(H,38,42)/t33-/m1/s1.